The molecule has 8 heteroatoms. The molecule has 3 aliphatic rings. The van der Waals surface area contributed by atoms with Crippen molar-refractivity contribution < 1.29 is 9.59 Å². The van der Waals surface area contributed by atoms with Crippen LogP contribution in [-0.2, 0) is 0 Å². The minimum absolute atomic E-state index is 0.202. The molecule has 1 spiro atoms. The number of benzene rings is 2. The predicted octanol–water partition coefficient (Wildman–Crippen LogP) is 2.60. The van der Waals surface area contributed by atoms with Crippen LogP contribution in [0, 0.1) is 0 Å². The zero-order valence-corrected chi connectivity index (χ0v) is 16.4. The molecule has 5 rings (SSSR count). The molecule has 0 unspecified atom stereocenters. The predicted molar refractivity (Wildman–Crippen MR) is 116 cm³/mol. The molecule has 2 aromatic rings. The van der Waals surface area contributed by atoms with E-state index in [9.17, 15) is 9.59 Å². The van der Waals surface area contributed by atoms with E-state index >= 15 is 0 Å². The van der Waals surface area contributed by atoms with Gasteiger partial charge in [0.2, 0.25) is 11.9 Å². The van der Waals surface area contributed by atoms with Crippen molar-refractivity contribution in [2.24, 2.45) is 21.5 Å². The summed E-state index contributed by atoms with van der Waals surface area (Å²) in [5.41, 5.74) is 13.8. The molecule has 0 bridgehead atoms. The highest BCUT2D eigenvalue weighted by Crippen LogP contribution is 2.40. The van der Waals surface area contributed by atoms with Crippen molar-refractivity contribution in [1.82, 2.24) is 0 Å². The molecule has 2 aromatic carbocycles. The highest BCUT2D eigenvalue weighted by molar-refractivity contribution is 6.34. The van der Waals surface area contributed by atoms with Gasteiger partial charge in [-0.05, 0) is 62.1 Å². The molecule has 0 aromatic heterocycles. The fraction of sp³-hybridized carbons (Fsp3) is 0.273. The number of amides is 2. The highest BCUT2D eigenvalue weighted by Gasteiger charge is 2.43. The quantitative estimate of drug-likeness (QED) is 0.749. The summed E-state index contributed by atoms with van der Waals surface area (Å²) in [6, 6.07) is 14.0. The number of nitrogens with zero attached hydrogens (tertiary/aromatic N) is 4. The number of carbonyl (C=O) groups is 2. The molecule has 4 N–H and O–H groups in total. The van der Waals surface area contributed by atoms with Gasteiger partial charge in [-0.15, -0.1) is 0 Å². The maximum Gasteiger partial charge on any atom is 0.266 e. The van der Waals surface area contributed by atoms with Crippen LogP contribution in [0.3, 0.4) is 0 Å². The lowest BCUT2D eigenvalue weighted by Gasteiger charge is -2.45. The Morgan fingerprint density at radius 3 is 1.97 bits per heavy atom. The first-order valence-corrected chi connectivity index (χ1v) is 10.1. The third kappa shape index (κ3) is 2.67. The molecule has 2 aliphatic heterocycles. The van der Waals surface area contributed by atoms with Gasteiger partial charge in [0.25, 0.3) is 11.8 Å². The van der Waals surface area contributed by atoms with Crippen LogP contribution in [0.4, 0.5) is 11.4 Å². The molecular weight excluding hydrogens is 380 g/mol. The van der Waals surface area contributed by atoms with E-state index in [0.29, 0.717) is 22.8 Å². The summed E-state index contributed by atoms with van der Waals surface area (Å²) < 4.78 is 0. The third-order valence-corrected chi connectivity index (χ3v) is 6.01. The monoisotopic (exact) mass is 402 g/mol. The summed E-state index contributed by atoms with van der Waals surface area (Å²) >= 11 is 0. The van der Waals surface area contributed by atoms with Crippen molar-refractivity contribution in [3.05, 3.63) is 59.7 Å². The molecule has 2 amide bonds. The number of rotatable bonds is 2. The maximum atomic E-state index is 12.7. The second-order valence-electron chi connectivity index (χ2n) is 7.83. The van der Waals surface area contributed by atoms with Gasteiger partial charge in [-0.25, -0.2) is 9.89 Å². The number of nitrogens with two attached hydrogens (primary N) is 2. The molecule has 152 valence electrons. The second kappa shape index (κ2) is 6.69. The van der Waals surface area contributed by atoms with Crippen LogP contribution in [-0.4, -0.2) is 29.4 Å². The second-order valence-corrected chi connectivity index (χ2v) is 7.83. The average Bonchev–Trinajstić information content (AvgIpc) is 2.99. The third-order valence-electron chi connectivity index (χ3n) is 6.01. The summed E-state index contributed by atoms with van der Waals surface area (Å²) in [5, 5.41) is 0. The smallest absolute Gasteiger partial charge is 0.266 e. The van der Waals surface area contributed by atoms with Crippen molar-refractivity contribution in [3.8, 4) is 0 Å². The Hall–Kier alpha value is -3.68. The topological polar surface area (TPSA) is 117 Å². The molecule has 1 aliphatic carbocycles. The summed E-state index contributed by atoms with van der Waals surface area (Å²) in [4.78, 5) is 37.5. The number of hydrogen-bond donors (Lipinski definition) is 2. The number of aliphatic imine (C=N–C) groups is 2. The Kier molecular flexibility index (Phi) is 4.09. The minimum atomic E-state index is -0.537. The first-order valence-electron chi connectivity index (χ1n) is 10.1. The van der Waals surface area contributed by atoms with Crippen molar-refractivity contribution in [2.45, 2.75) is 37.8 Å². The first-order chi connectivity index (χ1) is 14.5. The Labute approximate surface area is 173 Å². The van der Waals surface area contributed by atoms with Crippen LogP contribution in [0.2, 0.25) is 0 Å². The summed E-state index contributed by atoms with van der Waals surface area (Å²) in [5.74, 6) is -0.127. The summed E-state index contributed by atoms with van der Waals surface area (Å²) in [7, 11) is 0. The van der Waals surface area contributed by atoms with E-state index in [0.717, 1.165) is 37.8 Å². The van der Waals surface area contributed by atoms with E-state index in [1.807, 2.05) is 17.0 Å². The number of imide groups is 1. The van der Waals surface area contributed by atoms with E-state index < -0.39 is 5.66 Å². The van der Waals surface area contributed by atoms with E-state index in [2.05, 4.69) is 9.98 Å². The van der Waals surface area contributed by atoms with Gasteiger partial charge in [-0.3, -0.25) is 14.5 Å². The normalized spacial score (nSPS) is 20.3. The van der Waals surface area contributed by atoms with E-state index in [1.165, 1.54) is 4.90 Å². The number of guanidine groups is 2. The molecular formula is C22H22N6O2. The fourth-order valence-corrected chi connectivity index (χ4v) is 4.67. The Bertz CT molecular complexity index is 1060. The molecule has 0 atom stereocenters. The van der Waals surface area contributed by atoms with Gasteiger partial charge in [0.05, 0.1) is 16.8 Å². The van der Waals surface area contributed by atoms with Gasteiger partial charge < -0.3 is 11.5 Å². The number of anilines is 2. The van der Waals surface area contributed by atoms with Gasteiger partial charge in [-0.2, -0.15) is 4.99 Å². The van der Waals surface area contributed by atoms with Crippen LogP contribution >= 0.6 is 0 Å². The highest BCUT2D eigenvalue weighted by atomic mass is 16.2. The van der Waals surface area contributed by atoms with Crippen molar-refractivity contribution in [1.29, 1.82) is 0 Å². The molecule has 8 nitrogen and oxygen atoms in total. The molecule has 1 saturated carbocycles. The van der Waals surface area contributed by atoms with Crippen LogP contribution in [0.5, 0.6) is 0 Å². The Morgan fingerprint density at radius 2 is 1.37 bits per heavy atom. The Balaban J connectivity index is 1.49. The van der Waals surface area contributed by atoms with Gasteiger partial charge in [0.15, 0.2) is 0 Å². The summed E-state index contributed by atoms with van der Waals surface area (Å²) in [6.07, 6.45) is 4.90. The number of hydrogen-bond acceptors (Lipinski definition) is 7. The molecule has 30 heavy (non-hydrogen) atoms. The zero-order valence-electron chi connectivity index (χ0n) is 16.4. The molecule has 0 saturated heterocycles. The van der Waals surface area contributed by atoms with Crippen molar-refractivity contribution >= 4 is 35.1 Å². The van der Waals surface area contributed by atoms with Gasteiger partial charge in [-0.1, -0.05) is 18.6 Å². The molecule has 0 radical (unpaired) electrons. The first kappa shape index (κ1) is 18.4. The average molecular weight is 402 g/mol. The van der Waals surface area contributed by atoms with Crippen LogP contribution in [0.25, 0.3) is 0 Å². The largest absolute Gasteiger partial charge is 0.369 e. The SMILES string of the molecule is NC1=NC2(CCCCC2)N(c2ccc(N3C(=O)c4ccccc4C3=O)cc2)C(N)=N1. The number of carbonyl (C=O) groups excluding carboxylic acids is 2. The zero-order chi connectivity index (χ0) is 20.9. The van der Waals surface area contributed by atoms with Crippen molar-refractivity contribution in [3.63, 3.8) is 0 Å². The van der Waals surface area contributed by atoms with Gasteiger partial charge >= 0.3 is 0 Å². The van der Waals surface area contributed by atoms with E-state index in [-0.39, 0.29) is 17.8 Å². The van der Waals surface area contributed by atoms with E-state index in [1.54, 1.807) is 36.4 Å². The lowest BCUT2D eigenvalue weighted by molar-refractivity contribution is 0.0926. The van der Waals surface area contributed by atoms with Crippen LogP contribution < -0.4 is 21.3 Å². The summed E-state index contributed by atoms with van der Waals surface area (Å²) in [6.45, 7) is 0. The number of fused-ring (bicyclic) bond motifs is 1. The maximum absolute atomic E-state index is 12.7. The Morgan fingerprint density at radius 1 is 0.800 bits per heavy atom. The van der Waals surface area contributed by atoms with Crippen LogP contribution in [0.1, 0.15) is 52.8 Å². The molecule has 1 fully saturated rings. The standard InChI is InChI=1S/C22H22N6O2/c23-20-25-21(24)28(22(26-20)12-4-1-5-13-22)15-10-8-14(9-11-15)27-18(29)16-6-2-3-7-17(16)19(27)30/h2-3,6-11H,1,4-5,12-13H2,(H4,23,24,25,26). The van der Waals surface area contributed by atoms with Crippen LogP contribution in [0.15, 0.2) is 58.5 Å². The van der Waals surface area contributed by atoms with Gasteiger partial charge in [0, 0.05) is 5.69 Å². The lowest BCUT2D eigenvalue weighted by atomic mass is 9.87. The van der Waals surface area contributed by atoms with Crippen molar-refractivity contribution in [2.75, 3.05) is 9.80 Å². The van der Waals surface area contributed by atoms with Gasteiger partial charge in [0.1, 0.15) is 5.66 Å². The fourth-order valence-electron chi connectivity index (χ4n) is 4.67. The minimum Gasteiger partial charge on any atom is -0.369 e. The molecule has 2 heterocycles. The lowest BCUT2D eigenvalue weighted by Crippen LogP contribution is -2.58. The van der Waals surface area contributed by atoms with E-state index in [4.69, 9.17) is 11.5 Å².